The second-order valence-corrected chi connectivity index (χ2v) is 9.75. The van der Waals surface area contributed by atoms with Gasteiger partial charge in [0.25, 0.3) is 0 Å². The maximum Gasteiger partial charge on any atom is 0.391 e. The van der Waals surface area contributed by atoms with E-state index in [0.29, 0.717) is 56.9 Å². The predicted molar refractivity (Wildman–Crippen MR) is 130 cm³/mol. The maximum atomic E-state index is 12.9. The fourth-order valence-corrected chi connectivity index (χ4v) is 5.02. The normalized spacial score (nSPS) is 25.4. The molecule has 0 amide bonds. The summed E-state index contributed by atoms with van der Waals surface area (Å²) in [7, 11) is 0. The van der Waals surface area contributed by atoms with E-state index in [9.17, 15) is 23.1 Å². The summed E-state index contributed by atoms with van der Waals surface area (Å²) < 4.78 is 50.7. The summed E-state index contributed by atoms with van der Waals surface area (Å²) in [4.78, 5) is 18.0. The van der Waals surface area contributed by atoms with Crippen molar-refractivity contribution in [1.29, 1.82) is 0 Å². The Balaban J connectivity index is 1.37. The van der Waals surface area contributed by atoms with Crippen LogP contribution in [-0.2, 0) is 9.53 Å². The number of pyridine rings is 1. The second-order valence-electron chi connectivity index (χ2n) is 9.75. The van der Waals surface area contributed by atoms with E-state index in [1.54, 1.807) is 18.5 Å². The Bertz CT molecular complexity index is 1030. The van der Waals surface area contributed by atoms with Gasteiger partial charge in [0.05, 0.1) is 37.2 Å². The molecule has 4 rings (SSSR count). The van der Waals surface area contributed by atoms with Crippen molar-refractivity contribution in [1.82, 2.24) is 4.98 Å². The number of aliphatic carboxylic acids is 1. The lowest BCUT2D eigenvalue weighted by atomic mass is 9.82. The van der Waals surface area contributed by atoms with Crippen LogP contribution in [0.25, 0.3) is 0 Å². The quantitative estimate of drug-likeness (QED) is 0.511. The van der Waals surface area contributed by atoms with Crippen LogP contribution in [-0.4, -0.2) is 54.6 Å². The standard InChI is InChI=1S/C27H33F3N2O4/c1-2-18-11-20(5-6-21(12-18)26(33)34)25-16-32(9-10-35-25)23-13-24(15-31-14-23)36-17-19-3-7-22(8-4-19)27(28,29)30/h5-6,11,13-15,19,22,25H,2-4,7-10,12,16-17H2,1H3,(H,33,34). The van der Waals surface area contributed by atoms with Crippen LogP contribution < -0.4 is 9.64 Å². The van der Waals surface area contributed by atoms with Crippen LogP contribution in [0.5, 0.6) is 5.75 Å². The molecule has 2 aliphatic carbocycles. The smallest absolute Gasteiger partial charge is 0.391 e. The summed E-state index contributed by atoms with van der Waals surface area (Å²) >= 11 is 0. The number of carbonyl (C=O) groups is 1. The molecular weight excluding hydrogens is 473 g/mol. The first-order valence-electron chi connectivity index (χ1n) is 12.6. The Morgan fingerprint density at radius 2 is 2.00 bits per heavy atom. The van der Waals surface area contributed by atoms with Gasteiger partial charge in [-0.3, -0.25) is 4.98 Å². The lowest BCUT2D eigenvalue weighted by Gasteiger charge is -2.35. The first-order valence-corrected chi connectivity index (χ1v) is 12.6. The zero-order valence-electron chi connectivity index (χ0n) is 20.5. The third-order valence-corrected chi connectivity index (χ3v) is 7.29. The fourth-order valence-electron chi connectivity index (χ4n) is 5.02. The van der Waals surface area contributed by atoms with Gasteiger partial charge in [0.1, 0.15) is 11.9 Å². The van der Waals surface area contributed by atoms with E-state index in [4.69, 9.17) is 9.47 Å². The number of carboxylic acid groups (broad SMARTS) is 1. The molecule has 1 N–H and O–H groups in total. The van der Waals surface area contributed by atoms with Gasteiger partial charge in [-0.1, -0.05) is 30.7 Å². The van der Waals surface area contributed by atoms with Crippen molar-refractivity contribution >= 4 is 11.7 Å². The van der Waals surface area contributed by atoms with E-state index >= 15 is 0 Å². The SMILES string of the molecule is CCC1=CC(C2CN(c3cncc(OCC4CCC(C(F)(F)F)CC4)c3)CCO2)=CC=C(C(=O)O)C1. The van der Waals surface area contributed by atoms with Crippen LogP contribution >= 0.6 is 0 Å². The molecule has 1 unspecified atom stereocenters. The highest BCUT2D eigenvalue weighted by atomic mass is 19.4. The van der Waals surface area contributed by atoms with E-state index in [1.165, 1.54) is 0 Å². The molecule has 9 heteroatoms. The molecule has 0 radical (unpaired) electrons. The molecule has 1 aromatic heterocycles. The molecule has 36 heavy (non-hydrogen) atoms. The van der Waals surface area contributed by atoms with Gasteiger partial charge in [0, 0.05) is 31.1 Å². The third-order valence-electron chi connectivity index (χ3n) is 7.29. The summed E-state index contributed by atoms with van der Waals surface area (Å²) in [5.41, 5.74) is 3.25. The number of allylic oxidation sites excluding steroid dienone is 3. The molecule has 2 heterocycles. The molecule has 1 saturated carbocycles. The van der Waals surface area contributed by atoms with Crippen molar-refractivity contribution in [3.8, 4) is 5.75 Å². The average Bonchev–Trinajstić information content (AvgIpc) is 3.11. The fraction of sp³-hybridized carbons (Fsp3) is 0.556. The van der Waals surface area contributed by atoms with Crippen molar-refractivity contribution < 1.29 is 32.5 Å². The van der Waals surface area contributed by atoms with Crippen LogP contribution in [0.2, 0.25) is 0 Å². The van der Waals surface area contributed by atoms with Crippen LogP contribution in [0.1, 0.15) is 45.4 Å². The molecule has 3 aliphatic rings. The maximum absolute atomic E-state index is 12.9. The van der Waals surface area contributed by atoms with Gasteiger partial charge >= 0.3 is 12.1 Å². The van der Waals surface area contributed by atoms with E-state index in [2.05, 4.69) is 9.88 Å². The predicted octanol–water partition coefficient (Wildman–Crippen LogP) is 5.71. The molecule has 0 aromatic carbocycles. The van der Waals surface area contributed by atoms with Crippen LogP contribution in [0.3, 0.4) is 0 Å². The number of morpholine rings is 1. The summed E-state index contributed by atoms with van der Waals surface area (Å²) in [6.07, 6.45) is 7.18. The van der Waals surface area contributed by atoms with Crippen molar-refractivity contribution in [2.24, 2.45) is 11.8 Å². The number of nitrogens with zero attached hydrogens (tertiary/aromatic N) is 2. The largest absolute Gasteiger partial charge is 0.492 e. The first-order chi connectivity index (χ1) is 17.2. The minimum atomic E-state index is -4.10. The van der Waals surface area contributed by atoms with Gasteiger partial charge in [0.2, 0.25) is 0 Å². The molecule has 1 aliphatic heterocycles. The highest BCUT2D eigenvalue weighted by Crippen LogP contribution is 2.39. The average molecular weight is 507 g/mol. The van der Waals surface area contributed by atoms with Crippen molar-refractivity contribution in [3.05, 3.63) is 53.4 Å². The Morgan fingerprint density at radius 3 is 2.69 bits per heavy atom. The Kier molecular flexibility index (Phi) is 8.39. The number of hydrogen-bond donors (Lipinski definition) is 1. The topological polar surface area (TPSA) is 71.9 Å². The number of ether oxygens (including phenoxy) is 2. The molecule has 0 spiro atoms. The van der Waals surface area contributed by atoms with Gasteiger partial charge in [-0.2, -0.15) is 13.2 Å². The number of anilines is 1. The number of halogens is 3. The van der Waals surface area contributed by atoms with E-state index in [-0.39, 0.29) is 24.9 Å². The monoisotopic (exact) mass is 506 g/mol. The zero-order valence-corrected chi connectivity index (χ0v) is 20.5. The number of carboxylic acids is 1. The molecule has 196 valence electrons. The summed E-state index contributed by atoms with van der Waals surface area (Å²) in [5.74, 6) is -1.38. The number of rotatable bonds is 7. The molecular formula is C27H33F3N2O4. The van der Waals surface area contributed by atoms with Crippen molar-refractivity contribution in [2.45, 2.75) is 57.7 Å². The van der Waals surface area contributed by atoms with Gasteiger partial charge in [-0.05, 0) is 43.6 Å². The van der Waals surface area contributed by atoms with Gasteiger partial charge in [-0.15, -0.1) is 0 Å². The first kappa shape index (κ1) is 26.3. The molecule has 0 bridgehead atoms. The third kappa shape index (κ3) is 6.69. The molecule has 1 atom stereocenters. The highest BCUT2D eigenvalue weighted by Gasteiger charge is 2.41. The van der Waals surface area contributed by atoms with Crippen LogP contribution in [0, 0.1) is 11.8 Å². The lowest BCUT2D eigenvalue weighted by Crippen LogP contribution is -2.43. The van der Waals surface area contributed by atoms with E-state index in [1.807, 2.05) is 25.1 Å². The lowest BCUT2D eigenvalue weighted by molar-refractivity contribution is -0.184. The van der Waals surface area contributed by atoms with Crippen molar-refractivity contribution in [3.63, 3.8) is 0 Å². The van der Waals surface area contributed by atoms with Gasteiger partial charge in [-0.25, -0.2) is 4.79 Å². The summed E-state index contributed by atoms with van der Waals surface area (Å²) in [6.45, 7) is 4.18. The number of hydrogen-bond acceptors (Lipinski definition) is 5. The van der Waals surface area contributed by atoms with Gasteiger partial charge in [0.15, 0.2) is 0 Å². The van der Waals surface area contributed by atoms with E-state index < -0.39 is 18.1 Å². The van der Waals surface area contributed by atoms with Gasteiger partial charge < -0.3 is 19.5 Å². The Morgan fingerprint density at radius 1 is 1.22 bits per heavy atom. The second kappa shape index (κ2) is 11.5. The minimum Gasteiger partial charge on any atom is -0.492 e. The molecule has 2 fully saturated rings. The van der Waals surface area contributed by atoms with Crippen molar-refractivity contribution in [2.75, 3.05) is 31.2 Å². The summed E-state index contributed by atoms with van der Waals surface area (Å²) in [5, 5.41) is 9.43. The number of alkyl halides is 3. The highest BCUT2D eigenvalue weighted by molar-refractivity contribution is 5.87. The van der Waals surface area contributed by atoms with E-state index in [0.717, 1.165) is 23.3 Å². The number of aromatic nitrogens is 1. The molecule has 1 saturated heterocycles. The van der Waals surface area contributed by atoms with Crippen LogP contribution in [0.15, 0.2) is 53.4 Å². The zero-order chi connectivity index (χ0) is 25.7. The van der Waals surface area contributed by atoms with Crippen LogP contribution in [0.4, 0.5) is 18.9 Å². The summed E-state index contributed by atoms with van der Waals surface area (Å²) in [6, 6.07) is 1.91. The Labute approximate surface area is 209 Å². The minimum absolute atomic E-state index is 0.116. The molecule has 1 aromatic rings. The molecule has 6 nitrogen and oxygen atoms in total. The Hall–Kier alpha value is -2.81.